The van der Waals surface area contributed by atoms with Gasteiger partial charge in [-0.2, -0.15) is 0 Å². The molecule has 2 N–H and O–H groups in total. The van der Waals surface area contributed by atoms with Crippen molar-refractivity contribution in [3.05, 3.63) is 23.8 Å². The molecule has 19 heavy (non-hydrogen) atoms. The van der Waals surface area contributed by atoms with Crippen LogP contribution in [0.4, 0.5) is 0 Å². The molecule has 2 saturated heterocycles. The topological polar surface area (TPSA) is 44.7 Å². The lowest BCUT2D eigenvalue weighted by Crippen LogP contribution is -2.32. The van der Waals surface area contributed by atoms with Gasteiger partial charge >= 0.3 is 0 Å². The van der Waals surface area contributed by atoms with Crippen LogP contribution in [0, 0.1) is 11.8 Å². The Morgan fingerprint density at radius 2 is 2.26 bits per heavy atom. The molecule has 1 aromatic rings. The van der Waals surface area contributed by atoms with Crippen molar-refractivity contribution in [2.24, 2.45) is 11.8 Å². The summed E-state index contributed by atoms with van der Waals surface area (Å²) in [7, 11) is 1.59. The summed E-state index contributed by atoms with van der Waals surface area (Å²) in [5.41, 5.74) is 0.958. The molecule has 0 aliphatic carbocycles. The Labute approximate surface area is 114 Å². The van der Waals surface area contributed by atoms with Crippen LogP contribution in [0.15, 0.2) is 18.2 Å². The van der Waals surface area contributed by atoms with E-state index in [1.807, 2.05) is 12.1 Å². The largest absolute Gasteiger partial charge is 0.504 e. The maximum absolute atomic E-state index is 10.2. The normalized spacial score (nSPS) is 30.5. The van der Waals surface area contributed by atoms with E-state index in [1.54, 1.807) is 13.2 Å². The number of hydrogen-bond acceptors (Lipinski definition) is 4. The van der Waals surface area contributed by atoms with Gasteiger partial charge in [0.2, 0.25) is 0 Å². The number of likely N-dealkylation sites (tertiary alicyclic amines) is 1. The van der Waals surface area contributed by atoms with Crippen LogP contribution in [0.2, 0.25) is 0 Å². The van der Waals surface area contributed by atoms with Crippen LogP contribution in [-0.2, 0) is 6.54 Å². The van der Waals surface area contributed by atoms with E-state index in [0.717, 1.165) is 43.6 Å². The summed E-state index contributed by atoms with van der Waals surface area (Å²) in [5, 5.41) is 13.6. The van der Waals surface area contributed by atoms with E-state index in [4.69, 9.17) is 4.74 Å². The molecule has 0 saturated carbocycles. The number of rotatable bonds is 3. The van der Waals surface area contributed by atoms with E-state index in [9.17, 15) is 5.11 Å². The van der Waals surface area contributed by atoms with Crippen molar-refractivity contribution in [1.82, 2.24) is 10.2 Å². The number of benzene rings is 1. The first-order chi connectivity index (χ1) is 9.20. The molecular weight excluding hydrogens is 240 g/mol. The molecule has 0 radical (unpaired) electrons. The van der Waals surface area contributed by atoms with Crippen molar-refractivity contribution >= 4 is 0 Å². The second kappa shape index (κ2) is 5.02. The van der Waals surface area contributed by atoms with Gasteiger partial charge in [0.25, 0.3) is 0 Å². The lowest BCUT2D eigenvalue weighted by atomic mass is 9.95. The number of methoxy groups -OCH3 is 1. The minimum atomic E-state index is 0.285. The number of ether oxygens (including phenoxy) is 1. The van der Waals surface area contributed by atoms with Crippen molar-refractivity contribution in [2.75, 3.05) is 26.7 Å². The van der Waals surface area contributed by atoms with E-state index >= 15 is 0 Å². The third-order valence-corrected chi connectivity index (χ3v) is 4.73. The van der Waals surface area contributed by atoms with Gasteiger partial charge in [-0.05, 0) is 37.9 Å². The van der Waals surface area contributed by atoms with Gasteiger partial charge in [0.15, 0.2) is 11.5 Å². The third-order valence-electron chi connectivity index (χ3n) is 4.73. The predicted molar refractivity (Wildman–Crippen MR) is 74.4 cm³/mol. The van der Waals surface area contributed by atoms with Crippen LogP contribution < -0.4 is 10.1 Å². The fourth-order valence-corrected chi connectivity index (χ4v) is 3.54. The van der Waals surface area contributed by atoms with Crippen molar-refractivity contribution < 1.29 is 9.84 Å². The van der Waals surface area contributed by atoms with Crippen LogP contribution in [0.25, 0.3) is 0 Å². The SMILES string of the molecule is COc1cccc(CN2CC3CNCC3C2C)c1O. The maximum Gasteiger partial charge on any atom is 0.162 e. The first-order valence-corrected chi connectivity index (χ1v) is 7.00. The molecule has 3 unspecified atom stereocenters. The fraction of sp³-hybridized carbons (Fsp3) is 0.600. The molecule has 0 bridgehead atoms. The number of nitrogens with zero attached hydrogens (tertiary/aromatic N) is 1. The molecule has 3 atom stereocenters. The van der Waals surface area contributed by atoms with Crippen molar-refractivity contribution in [3.63, 3.8) is 0 Å². The Bertz CT molecular complexity index is 463. The zero-order valence-electron chi connectivity index (χ0n) is 11.6. The summed E-state index contributed by atoms with van der Waals surface area (Å²) in [6.45, 7) is 6.49. The minimum Gasteiger partial charge on any atom is -0.504 e. The van der Waals surface area contributed by atoms with Gasteiger partial charge in [-0.15, -0.1) is 0 Å². The molecule has 0 aromatic heterocycles. The van der Waals surface area contributed by atoms with Crippen LogP contribution in [0.1, 0.15) is 12.5 Å². The van der Waals surface area contributed by atoms with E-state index in [1.165, 1.54) is 0 Å². The Hall–Kier alpha value is -1.26. The standard InChI is InChI=1S/C15H22N2O2/c1-10-13-7-16-6-12(13)9-17(10)8-11-4-3-5-14(19-2)15(11)18/h3-5,10,12-13,16,18H,6-9H2,1-2H3. The molecule has 3 rings (SSSR count). The van der Waals surface area contributed by atoms with Gasteiger partial charge in [-0.1, -0.05) is 12.1 Å². The van der Waals surface area contributed by atoms with Gasteiger partial charge in [-0.25, -0.2) is 0 Å². The van der Waals surface area contributed by atoms with Gasteiger partial charge in [0.1, 0.15) is 0 Å². The minimum absolute atomic E-state index is 0.285. The summed E-state index contributed by atoms with van der Waals surface area (Å²) in [5.74, 6) is 2.37. The number of fused-ring (bicyclic) bond motifs is 1. The van der Waals surface area contributed by atoms with Gasteiger partial charge in [0, 0.05) is 24.7 Å². The van der Waals surface area contributed by atoms with Crippen LogP contribution >= 0.6 is 0 Å². The number of nitrogens with one attached hydrogen (secondary N) is 1. The molecule has 2 aliphatic heterocycles. The summed E-state index contributed by atoms with van der Waals surface area (Å²) in [6.07, 6.45) is 0. The zero-order chi connectivity index (χ0) is 13.4. The second-order valence-corrected chi connectivity index (χ2v) is 5.72. The summed E-state index contributed by atoms with van der Waals surface area (Å²) < 4.78 is 5.17. The van der Waals surface area contributed by atoms with E-state index < -0.39 is 0 Å². The third kappa shape index (κ3) is 2.19. The van der Waals surface area contributed by atoms with E-state index in [0.29, 0.717) is 11.8 Å². The van der Waals surface area contributed by atoms with Gasteiger partial charge in [-0.3, -0.25) is 4.90 Å². The van der Waals surface area contributed by atoms with Gasteiger partial charge in [0.05, 0.1) is 7.11 Å². The smallest absolute Gasteiger partial charge is 0.162 e. The molecule has 2 fully saturated rings. The molecular formula is C15H22N2O2. The van der Waals surface area contributed by atoms with Crippen LogP contribution in [0.3, 0.4) is 0 Å². The van der Waals surface area contributed by atoms with Crippen molar-refractivity contribution in [2.45, 2.75) is 19.5 Å². The lowest BCUT2D eigenvalue weighted by Gasteiger charge is -2.24. The first kappa shape index (κ1) is 12.8. The molecule has 104 valence electrons. The zero-order valence-corrected chi connectivity index (χ0v) is 11.6. The first-order valence-electron chi connectivity index (χ1n) is 7.00. The highest BCUT2D eigenvalue weighted by atomic mass is 16.5. The van der Waals surface area contributed by atoms with Crippen molar-refractivity contribution in [3.8, 4) is 11.5 Å². The summed E-state index contributed by atoms with van der Waals surface area (Å²) in [6, 6.07) is 6.30. The summed E-state index contributed by atoms with van der Waals surface area (Å²) in [4.78, 5) is 2.48. The lowest BCUT2D eigenvalue weighted by molar-refractivity contribution is 0.228. The monoisotopic (exact) mass is 262 g/mol. The Morgan fingerprint density at radius 1 is 1.42 bits per heavy atom. The van der Waals surface area contributed by atoms with E-state index in [2.05, 4.69) is 17.1 Å². The van der Waals surface area contributed by atoms with Gasteiger partial charge < -0.3 is 15.2 Å². The maximum atomic E-state index is 10.2. The molecule has 0 amide bonds. The van der Waals surface area contributed by atoms with E-state index in [-0.39, 0.29) is 5.75 Å². The highest BCUT2D eigenvalue weighted by Gasteiger charge is 2.41. The number of phenols is 1. The number of hydrogen-bond donors (Lipinski definition) is 2. The quantitative estimate of drug-likeness (QED) is 0.865. The van der Waals surface area contributed by atoms with Crippen LogP contribution in [-0.4, -0.2) is 42.8 Å². The summed E-state index contributed by atoms with van der Waals surface area (Å²) >= 11 is 0. The number of phenolic OH excluding ortho intramolecular Hbond substituents is 1. The molecule has 0 spiro atoms. The Morgan fingerprint density at radius 3 is 3.00 bits per heavy atom. The molecule has 4 heteroatoms. The molecule has 4 nitrogen and oxygen atoms in total. The highest BCUT2D eigenvalue weighted by Crippen LogP contribution is 2.36. The Kier molecular flexibility index (Phi) is 3.37. The fourth-order valence-electron chi connectivity index (χ4n) is 3.54. The number of aromatic hydroxyl groups is 1. The highest BCUT2D eigenvalue weighted by molar-refractivity contribution is 5.45. The Balaban J connectivity index is 1.75. The average Bonchev–Trinajstić information content (AvgIpc) is 2.97. The predicted octanol–water partition coefficient (Wildman–Crippen LogP) is 1.44. The average molecular weight is 262 g/mol. The van der Waals surface area contributed by atoms with Crippen LogP contribution in [0.5, 0.6) is 11.5 Å². The molecule has 1 aromatic carbocycles. The molecule has 2 heterocycles. The second-order valence-electron chi connectivity index (χ2n) is 5.72. The van der Waals surface area contributed by atoms with Crippen molar-refractivity contribution in [1.29, 1.82) is 0 Å². The molecule has 2 aliphatic rings. The number of para-hydroxylation sites is 1.